The first-order valence-electron chi connectivity index (χ1n) is 9.29. The van der Waals surface area contributed by atoms with Crippen molar-refractivity contribution < 1.29 is 24.0 Å². The lowest BCUT2D eigenvalue weighted by Crippen LogP contribution is -2.30. The van der Waals surface area contributed by atoms with Crippen LogP contribution in [0.15, 0.2) is 48.7 Å². The Morgan fingerprint density at radius 1 is 1.23 bits per heavy atom. The minimum absolute atomic E-state index is 0.0742. The molecule has 0 radical (unpaired) electrons. The number of hydrogen-bond acceptors (Lipinski definition) is 6. The third kappa shape index (κ3) is 4.57. The van der Waals surface area contributed by atoms with E-state index in [1.54, 1.807) is 37.3 Å². The zero-order valence-electron chi connectivity index (χ0n) is 16.5. The number of aromatic nitrogens is 1. The third-order valence-electron chi connectivity index (χ3n) is 4.60. The summed E-state index contributed by atoms with van der Waals surface area (Å²) in [6, 6.07) is 10.6. The quantitative estimate of drug-likeness (QED) is 0.332. The van der Waals surface area contributed by atoms with Crippen LogP contribution in [0.4, 0.5) is 5.69 Å². The molecule has 3 aromatic rings. The molecule has 1 unspecified atom stereocenters. The Kier molecular flexibility index (Phi) is 6.31. The number of fused-ring (bicyclic) bond motifs is 1. The molecule has 9 heteroatoms. The van der Waals surface area contributed by atoms with Gasteiger partial charge in [-0.05, 0) is 30.7 Å². The van der Waals surface area contributed by atoms with Gasteiger partial charge in [0.15, 0.2) is 0 Å². The Balaban J connectivity index is 1.92. The number of methoxy groups -OCH3 is 1. The molecule has 156 valence electrons. The number of nitro groups is 1. The van der Waals surface area contributed by atoms with E-state index >= 15 is 0 Å². The van der Waals surface area contributed by atoms with Crippen molar-refractivity contribution in [2.75, 3.05) is 13.7 Å². The van der Waals surface area contributed by atoms with Gasteiger partial charge < -0.3 is 19.8 Å². The van der Waals surface area contributed by atoms with Crippen molar-refractivity contribution in [3.8, 4) is 5.75 Å². The largest absolute Gasteiger partial charge is 0.497 e. The Morgan fingerprint density at radius 3 is 2.73 bits per heavy atom. The fourth-order valence-electron chi connectivity index (χ4n) is 3.14. The molecule has 0 fully saturated rings. The van der Waals surface area contributed by atoms with Gasteiger partial charge in [0.2, 0.25) is 0 Å². The molecule has 3 rings (SSSR count). The molecule has 0 aliphatic heterocycles. The Bertz CT molecular complexity index is 1090. The highest BCUT2D eigenvalue weighted by Crippen LogP contribution is 2.26. The van der Waals surface area contributed by atoms with Gasteiger partial charge in [0, 0.05) is 29.2 Å². The predicted molar refractivity (Wildman–Crippen MR) is 109 cm³/mol. The molecular formula is C21H21N3O6. The average molecular weight is 411 g/mol. The van der Waals surface area contributed by atoms with Gasteiger partial charge in [-0.25, -0.2) is 0 Å². The molecule has 0 spiro atoms. The third-order valence-corrected chi connectivity index (χ3v) is 4.60. The number of benzene rings is 2. The number of nitrogens with one attached hydrogen (secondary N) is 2. The second-order valence-electron chi connectivity index (χ2n) is 6.50. The van der Waals surface area contributed by atoms with Crippen LogP contribution in [0, 0.1) is 10.1 Å². The molecule has 0 saturated carbocycles. The molecule has 30 heavy (non-hydrogen) atoms. The van der Waals surface area contributed by atoms with Gasteiger partial charge in [-0.3, -0.25) is 19.7 Å². The maximum Gasteiger partial charge on any atom is 0.308 e. The SMILES string of the molecule is CCOC(=O)CC(NC(=O)c1c[nH]c2ccc([N+](=O)[O-])cc12)c1cccc(OC)c1. The van der Waals surface area contributed by atoms with E-state index in [0.717, 1.165) is 0 Å². The van der Waals surface area contributed by atoms with E-state index in [1.165, 1.54) is 25.4 Å². The van der Waals surface area contributed by atoms with Crippen LogP contribution in [-0.2, 0) is 9.53 Å². The fraction of sp³-hybridized carbons (Fsp3) is 0.238. The number of ether oxygens (including phenoxy) is 2. The van der Waals surface area contributed by atoms with Crippen molar-refractivity contribution in [2.24, 2.45) is 0 Å². The van der Waals surface area contributed by atoms with Crippen molar-refractivity contribution >= 4 is 28.5 Å². The smallest absolute Gasteiger partial charge is 0.308 e. The second kappa shape index (κ2) is 9.08. The summed E-state index contributed by atoms with van der Waals surface area (Å²) in [7, 11) is 1.52. The number of non-ortho nitro benzene ring substituents is 1. The number of hydrogen-bond donors (Lipinski definition) is 2. The predicted octanol–water partition coefficient (Wildman–Crippen LogP) is 3.51. The van der Waals surface area contributed by atoms with Gasteiger partial charge in [-0.15, -0.1) is 0 Å². The Hall–Kier alpha value is -3.88. The zero-order chi connectivity index (χ0) is 21.7. The summed E-state index contributed by atoms with van der Waals surface area (Å²) in [5, 5.41) is 14.3. The van der Waals surface area contributed by atoms with E-state index in [0.29, 0.717) is 22.2 Å². The first-order chi connectivity index (χ1) is 14.4. The van der Waals surface area contributed by atoms with Crippen molar-refractivity contribution in [3.63, 3.8) is 0 Å². The van der Waals surface area contributed by atoms with Crippen molar-refractivity contribution in [3.05, 3.63) is 69.9 Å². The summed E-state index contributed by atoms with van der Waals surface area (Å²) in [4.78, 5) is 38.6. The van der Waals surface area contributed by atoms with E-state index < -0.39 is 22.8 Å². The number of carbonyl (C=O) groups excluding carboxylic acids is 2. The van der Waals surface area contributed by atoms with E-state index in [-0.39, 0.29) is 24.3 Å². The number of amides is 1. The highest BCUT2D eigenvalue weighted by molar-refractivity contribution is 6.07. The summed E-state index contributed by atoms with van der Waals surface area (Å²) in [6.07, 6.45) is 1.41. The minimum Gasteiger partial charge on any atom is -0.497 e. The van der Waals surface area contributed by atoms with E-state index in [9.17, 15) is 19.7 Å². The molecule has 9 nitrogen and oxygen atoms in total. The van der Waals surface area contributed by atoms with Crippen molar-refractivity contribution in [2.45, 2.75) is 19.4 Å². The lowest BCUT2D eigenvalue weighted by molar-refractivity contribution is -0.384. The molecule has 1 aromatic heterocycles. The molecule has 1 amide bonds. The highest BCUT2D eigenvalue weighted by Gasteiger charge is 2.23. The van der Waals surface area contributed by atoms with Crippen LogP contribution in [0.1, 0.15) is 35.3 Å². The first-order valence-corrected chi connectivity index (χ1v) is 9.29. The average Bonchev–Trinajstić information content (AvgIpc) is 3.16. The standard InChI is InChI=1S/C21H21N3O6/c1-3-30-20(25)11-19(13-5-4-6-15(9-13)29-2)23-21(26)17-12-22-18-8-7-14(24(27)28)10-16(17)18/h4-10,12,19,22H,3,11H2,1-2H3,(H,23,26). The lowest BCUT2D eigenvalue weighted by atomic mass is 10.0. The first kappa shape index (κ1) is 20.8. The van der Waals surface area contributed by atoms with Gasteiger partial charge >= 0.3 is 5.97 Å². The van der Waals surface area contributed by atoms with Crippen LogP contribution < -0.4 is 10.1 Å². The van der Waals surface area contributed by atoms with Crippen molar-refractivity contribution in [1.82, 2.24) is 10.3 Å². The summed E-state index contributed by atoms with van der Waals surface area (Å²) in [5.41, 5.74) is 1.38. The number of aromatic amines is 1. The molecule has 2 aromatic carbocycles. The maximum atomic E-state index is 13.0. The van der Waals surface area contributed by atoms with Gasteiger partial charge in [-0.2, -0.15) is 0 Å². The van der Waals surface area contributed by atoms with Crippen LogP contribution in [0.5, 0.6) is 5.75 Å². The van der Waals surface area contributed by atoms with Crippen LogP contribution >= 0.6 is 0 Å². The number of nitro benzene ring substituents is 1. The molecule has 0 aliphatic rings. The number of esters is 1. The van der Waals surface area contributed by atoms with Gasteiger partial charge in [-0.1, -0.05) is 12.1 Å². The molecule has 1 atom stereocenters. The van der Waals surface area contributed by atoms with E-state index in [1.807, 2.05) is 0 Å². The monoisotopic (exact) mass is 411 g/mol. The second-order valence-corrected chi connectivity index (χ2v) is 6.50. The van der Waals surface area contributed by atoms with Gasteiger partial charge in [0.1, 0.15) is 5.75 Å². The highest BCUT2D eigenvalue weighted by atomic mass is 16.6. The van der Waals surface area contributed by atoms with Crippen LogP contribution in [0.3, 0.4) is 0 Å². The van der Waals surface area contributed by atoms with E-state index in [2.05, 4.69) is 10.3 Å². The lowest BCUT2D eigenvalue weighted by Gasteiger charge is -2.19. The number of H-pyrrole nitrogens is 1. The van der Waals surface area contributed by atoms with Gasteiger partial charge in [0.05, 0.1) is 36.7 Å². The van der Waals surface area contributed by atoms with Crippen LogP contribution in [0.2, 0.25) is 0 Å². The topological polar surface area (TPSA) is 124 Å². The fourth-order valence-corrected chi connectivity index (χ4v) is 3.14. The van der Waals surface area contributed by atoms with Crippen molar-refractivity contribution in [1.29, 1.82) is 0 Å². The molecule has 2 N–H and O–H groups in total. The molecule has 1 heterocycles. The Morgan fingerprint density at radius 2 is 2.03 bits per heavy atom. The number of carbonyl (C=O) groups is 2. The summed E-state index contributed by atoms with van der Waals surface area (Å²) in [5.74, 6) is -0.350. The van der Waals surface area contributed by atoms with Gasteiger partial charge in [0.25, 0.3) is 11.6 Å². The molecular weight excluding hydrogens is 390 g/mol. The number of rotatable bonds is 8. The molecule has 0 aliphatic carbocycles. The normalized spacial score (nSPS) is 11.7. The van der Waals surface area contributed by atoms with E-state index in [4.69, 9.17) is 9.47 Å². The summed E-state index contributed by atoms with van der Waals surface area (Å²) >= 11 is 0. The maximum absolute atomic E-state index is 13.0. The summed E-state index contributed by atoms with van der Waals surface area (Å²) < 4.78 is 10.3. The zero-order valence-corrected chi connectivity index (χ0v) is 16.5. The van der Waals surface area contributed by atoms with Crippen LogP contribution in [-0.4, -0.2) is 35.5 Å². The number of nitrogens with zero attached hydrogens (tertiary/aromatic N) is 1. The Labute approximate surface area is 172 Å². The minimum atomic E-state index is -0.671. The molecule has 0 saturated heterocycles. The summed E-state index contributed by atoms with van der Waals surface area (Å²) in [6.45, 7) is 1.93. The van der Waals surface area contributed by atoms with Crippen LogP contribution in [0.25, 0.3) is 10.9 Å². The molecule has 0 bridgehead atoms.